The van der Waals surface area contributed by atoms with Gasteiger partial charge in [-0.15, -0.1) is 0 Å². The molecule has 1 aliphatic heterocycles. The van der Waals surface area contributed by atoms with Crippen LogP contribution in [0.1, 0.15) is 53.6 Å². The Labute approximate surface area is 233 Å². The number of nitrogens with zero attached hydrogens (tertiary/aromatic N) is 3. The lowest BCUT2D eigenvalue weighted by atomic mass is 9.96. The van der Waals surface area contributed by atoms with E-state index in [1.54, 1.807) is 18.3 Å². The maximum Gasteiger partial charge on any atom is 0.226 e. The summed E-state index contributed by atoms with van der Waals surface area (Å²) in [7, 11) is 0. The van der Waals surface area contributed by atoms with Crippen LogP contribution in [0.2, 0.25) is 0 Å². The maximum absolute atomic E-state index is 13.3. The molecule has 1 fully saturated rings. The van der Waals surface area contributed by atoms with Crippen molar-refractivity contribution in [3.05, 3.63) is 113 Å². The summed E-state index contributed by atoms with van der Waals surface area (Å²) < 4.78 is 15.6. The van der Waals surface area contributed by atoms with Gasteiger partial charge in [0.25, 0.3) is 0 Å². The Bertz CT molecular complexity index is 1480. The Morgan fingerprint density at radius 1 is 1.08 bits per heavy atom. The highest BCUT2D eigenvalue weighted by molar-refractivity contribution is 7.80. The van der Waals surface area contributed by atoms with Gasteiger partial charge in [0.15, 0.2) is 5.11 Å². The number of hydrogen-bond acceptors (Lipinski definition) is 3. The van der Waals surface area contributed by atoms with E-state index in [-0.39, 0.29) is 30.2 Å². The average Bonchev–Trinajstić information content (AvgIpc) is 3.43. The average molecular weight is 542 g/mol. The summed E-state index contributed by atoms with van der Waals surface area (Å²) in [6.07, 6.45) is 2.95. The van der Waals surface area contributed by atoms with E-state index in [4.69, 9.17) is 12.2 Å². The number of hydrogen-bond donors (Lipinski definition) is 2. The second kappa shape index (κ2) is 11.4. The number of para-hydroxylation sites is 1. The molecular weight excluding hydrogens is 509 g/mol. The van der Waals surface area contributed by atoms with E-state index in [0.717, 1.165) is 29.1 Å². The van der Waals surface area contributed by atoms with Gasteiger partial charge < -0.3 is 20.1 Å². The van der Waals surface area contributed by atoms with Crippen molar-refractivity contribution in [2.45, 2.75) is 45.7 Å². The summed E-state index contributed by atoms with van der Waals surface area (Å²) in [6, 6.07) is 22.0. The molecular formula is C31H32FN5OS. The fourth-order valence-corrected chi connectivity index (χ4v) is 5.78. The molecule has 2 aromatic heterocycles. The number of amides is 1. The van der Waals surface area contributed by atoms with Crippen LogP contribution in [0.3, 0.4) is 0 Å². The number of benzene rings is 2. The Morgan fingerprint density at radius 2 is 1.82 bits per heavy atom. The van der Waals surface area contributed by atoms with Crippen molar-refractivity contribution in [3.63, 3.8) is 0 Å². The highest BCUT2D eigenvalue weighted by Gasteiger charge is 2.41. The molecule has 2 unspecified atom stereocenters. The molecule has 2 atom stereocenters. The first-order valence-corrected chi connectivity index (χ1v) is 13.6. The molecule has 0 bridgehead atoms. The van der Waals surface area contributed by atoms with E-state index in [2.05, 4.69) is 76.2 Å². The number of rotatable bonds is 8. The van der Waals surface area contributed by atoms with Gasteiger partial charge in [0.1, 0.15) is 5.82 Å². The molecule has 5 rings (SSSR count). The molecule has 6 nitrogen and oxygen atoms in total. The zero-order chi connectivity index (χ0) is 27.5. The summed E-state index contributed by atoms with van der Waals surface area (Å²) in [5.41, 5.74) is 7.31. The molecule has 1 saturated heterocycles. The third-order valence-corrected chi connectivity index (χ3v) is 7.66. The molecule has 0 radical (unpaired) electrons. The summed E-state index contributed by atoms with van der Waals surface area (Å²) in [4.78, 5) is 19.6. The molecule has 0 spiro atoms. The molecule has 2 N–H and O–H groups in total. The summed E-state index contributed by atoms with van der Waals surface area (Å²) >= 11 is 5.81. The van der Waals surface area contributed by atoms with Crippen LogP contribution in [0.4, 0.5) is 10.1 Å². The number of thiocarbonyl (C=S) groups is 1. The first-order chi connectivity index (χ1) is 18.9. The molecule has 2 aromatic carbocycles. The van der Waals surface area contributed by atoms with Crippen LogP contribution in [-0.2, 0) is 11.2 Å². The predicted octanol–water partition coefficient (Wildman–Crippen LogP) is 6.19. The molecule has 200 valence electrons. The van der Waals surface area contributed by atoms with Gasteiger partial charge in [0.05, 0.1) is 17.8 Å². The normalized spacial score (nSPS) is 16.8. The number of aryl methyl sites for hydroxylation is 2. The number of halogens is 1. The minimum Gasteiger partial charge on any atom is -0.352 e. The monoisotopic (exact) mass is 541 g/mol. The Kier molecular flexibility index (Phi) is 7.74. The smallest absolute Gasteiger partial charge is 0.226 e. The van der Waals surface area contributed by atoms with Crippen molar-refractivity contribution in [1.82, 2.24) is 19.8 Å². The van der Waals surface area contributed by atoms with Crippen molar-refractivity contribution in [2.24, 2.45) is 0 Å². The van der Waals surface area contributed by atoms with Gasteiger partial charge in [0.2, 0.25) is 5.91 Å². The van der Waals surface area contributed by atoms with Crippen molar-refractivity contribution in [1.29, 1.82) is 0 Å². The van der Waals surface area contributed by atoms with E-state index in [1.165, 1.54) is 23.4 Å². The van der Waals surface area contributed by atoms with Crippen LogP contribution >= 0.6 is 12.2 Å². The summed E-state index contributed by atoms with van der Waals surface area (Å²) in [6.45, 7) is 6.86. The lowest BCUT2D eigenvalue weighted by molar-refractivity contribution is -0.116. The Balaban J connectivity index is 1.48. The largest absolute Gasteiger partial charge is 0.352 e. The molecule has 4 aromatic rings. The standard InChI is InChI=1S/C31H32FN5OS/c1-4-22-9-5-6-11-27(22)37-20(2)19-25(21(37)3)30-29(26-10-7-8-17-33-26)35-31(39)36(30)18-16-28(38)34-24-14-12-23(32)13-15-24/h5-15,17,19,29-30H,4,16,18H2,1-3H3,(H,34,38)(H,35,39). The third kappa shape index (κ3) is 5.43. The number of aromatic nitrogens is 2. The van der Waals surface area contributed by atoms with Crippen LogP contribution < -0.4 is 10.6 Å². The molecule has 3 heterocycles. The number of nitrogens with one attached hydrogen (secondary N) is 2. The molecule has 1 amide bonds. The van der Waals surface area contributed by atoms with Crippen molar-refractivity contribution < 1.29 is 9.18 Å². The minimum absolute atomic E-state index is 0.153. The molecule has 0 saturated carbocycles. The summed E-state index contributed by atoms with van der Waals surface area (Å²) in [5, 5.41) is 6.92. The summed E-state index contributed by atoms with van der Waals surface area (Å²) in [5.74, 6) is -0.504. The van der Waals surface area contributed by atoms with Gasteiger partial charge in [-0.2, -0.15) is 0 Å². The van der Waals surface area contributed by atoms with Crippen LogP contribution in [0.15, 0.2) is 79.0 Å². The SMILES string of the molecule is CCc1ccccc1-n1c(C)cc(C2C(c3ccccn3)NC(=S)N2CCC(=O)Nc2ccc(F)cc2)c1C. The lowest BCUT2D eigenvalue weighted by Gasteiger charge is -2.28. The predicted molar refractivity (Wildman–Crippen MR) is 156 cm³/mol. The van der Waals surface area contributed by atoms with Crippen LogP contribution in [0.5, 0.6) is 0 Å². The number of carbonyl (C=O) groups is 1. The maximum atomic E-state index is 13.3. The second-order valence-electron chi connectivity index (χ2n) is 9.77. The number of pyridine rings is 1. The first-order valence-electron chi connectivity index (χ1n) is 13.2. The van der Waals surface area contributed by atoms with E-state index < -0.39 is 0 Å². The van der Waals surface area contributed by atoms with Crippen LogP contribution in [0.25, 0.3) is 5.69 Å². The molecule has 1 aliphatic rings. The van der Waals surface area contributed by atoms with Crippen molar-refractivity contribution in [2.75, 3.05) is 11.9 Å². The molecule has 39 heavy (non-hydrogen) atoms. The van der Waals surface area contributed by atoms with Gasteiger partial charge in [-0.25, -0.2) is 4.39 Å². The topological polar surface area (TPSA) is 62.2 Å². The second-order valence-corrected chi connectivity index (χ2v) is 10.2. The minimum atomic E-state index is -0.343. The Hall–Kier alpha value is -4.04. The van der Waals surface area contributed by atoms with Gasteiger partial charge in [0, 0.05) is 41.9 Å². The van der Waals surface area contributed by atoms with E-state index in [0.29, 0.717) is 17.3 Å². The van der Waals surface area contributed by atoms with Crippen LogP contribution in [0, 0.1) is 19.7 Å². The van der Waals surface area contributed by atoms with Crippen molar-refractivity contribution >= 4 is 28.9 Å². The van der Waals surface area contributed by atoms with E-state index >= 15 is 0 Å². The van der Waals surface area contributed by atoms with Gasteiger partial charge in [-0.1, -0.05) is 31.2 Å². The number of anilines is 1. The van der Waals surface area contributed by atoms with Crippen molar-refractivity contribution in [3.8, 4) is 5.69 Å². The van der Waals surface area contributed by atoms with Gasteiger partial charge in [-0.05, 0) is 92.1 Å². The van der Waals surface area contributed by atoms with Gasteiger partial charge in [-0.3, -0.25) is 9.78 Å². The fraction of sp³-hybridized carbons (Fsp3) is 0.258. The molecule has 0 aliphatic carbocycles. The van der Waals surface area contributed by atoms with Gasteiger partial charge >= 0.3 is 0 Å². The third-order valence-electron chi connectivity index (χ3n) is 7.31. The zero-order valence-corrected chi connectivity index (χ0v) is 23.1. The van der Waals surface area contributed by atoms with E-state index in [1.807, 2.05) is 18.2 Å². The highest BCUT2D eigenvalue weighted by Crippen LogP contribution is 2.41. The highest BCUT2D eigenvalue weighted by atomic mass is 32.1. The zero-order valence-electron chi connectivity index (χ0n) is 22.3. The molecule has 8 heteroatoms. The first kappa shape index (κ1) is 26.6. The van der Waals surface area contributed by atoms with Crippen LogP contribution in [-0.4, -0.2) is 32.0 Å². The van der Waals surface area contributed by atoms with E-state index in [9.17, 15) is 9.18 Å². The lowest BCUT2D eigenvalue weighted by Crippen LogP contribution is -2.32. The number of carbonyl (C=O) groups excluding carboxylic acids is 1. The Morgan fingerprint density at radius 3 is 2.54 bits per heavy atom. The quantitative estimate of drug-likeness (QED) is 0.261. The fourth-order valence-electron chi connectivity index (χ4n) is 5.45.